The van der Waals surface area contributed by atoms with E-state index in [1.807, 2.05) is 0 Å². The van der Waals surface area contributed by atoms with Gasteiger partial charge in [-0.15, -0.1) is 0 Å². The Bertz CT molecular complexity index is 2080. The van der Waals surface area contributed by atoms with Gasteiger partial charge in [-0.25, -0.2) is 4.57 Å². The lowest BCUT2D eigenvalue weighted by molar-refractivity contribution is -0.161. The van der Waals surface area contributed by atoms with Gasteiger partial charge in [0, 0.05) is 19.4 Å². The third-order valence-electron chi connectivity index (χ3n) is 17.8. The number of phosphoric ester groups is 1. The molecule has 0 heterocycles. The zero-order chi connectivity index (χ0) is 70.8. The van der Waals surface area contributed by atoms with E-state index in [-0.39, 0.29) is 38.6 Å². The second-order valence-corrected chi connectivity index (χ2v) is 28.7. The molecule has 0 saturated carbocycles. The van der Waals surface area contributed by atoms with Crippen LogP contribution in [0, 0.1) is 0 Å². The average molecular weight is 1390 g/mol. The van der Waals surface area contributed by atoms with Crippen LogP contribution in [-0.2, 0) is 32.7 Å². The minimum Gasteiger partial charge on any atom is -0.462 e. The SMILES string of the molecule is CC/C=C\C/C=C\C/C=C\C/C=C\C/C=C\C/C=C\C/C=C\C/C=C\C/C=C\C/C=C\C/C=C\CCCCCC(=O)OC(COC(=O)CCCCCCCCCCCCCCCCCCCCCCCCCCCCCCCCCCCCCCCCCC)COP(=O)(O)OCCN. The fraction of sp³-hybridized carbons (Fsp3) is 0.727. The largest absolute Gasteiger partial charge is 0.472 e. The molecule has 9 nitrogen and oxygen atoms in total. The van der Waals surface area contributed by atoms with E-state index in [4.69, 9.17) is 24.3 Å². The summed E-state index contributed by atoms with van der Waals surface area (Å²) in [5.41, 5.74) is 5.41. The number of phosphoric acid groups is 1. The van der Waals surface area contributed by atoms with Crippen molar-refractivity contribution < 1.29 is 37.6 Å². The molecule has 0 aliphatic carbocycles. The number of carbonyl (C=O) groups is 2. The topological polar surface area (TPSA) is 134 Å². The number of allylic oxidation sites excluding steroid dienone is 22. The summed E-state index contributed by atoms with van der Waals surface area (Å²) in [5.74, 6) is -0.861. The second kappa shape index (κ2) is 82.1. The van der Waals surface area contributed by atoms with Gasteiger partial charge in [0.1, 0.15) is 6.61 Å². The fourth-order valence-corrected chi connectivity index (χ4v) is 12.5. The molecule has 0 aromatic rings. The zero-order valence-corrected chi connectivity index (χ0v) is 64.6. The molecular weight excluding hydrogens is 1230 g/mol. The highest BCUT2D eigenvalue weighted by Gasteiger charge is 2.26. The van der Waals surface area contributed by atoms with Crippen LogP contribution >= 0.6 is 7.82 Å². The summed E-state index contributed by atoms with van der Waals surface area (Å²) in [6.07, 6.45) is 118. The molecule has 3 N–H and O–H groups in total. The number of nitrogens with two attached hydrogens (primary N) is 1. The van der Waals surface area contributed by atoms with Gasteiger partial charge in [0.05, 0.1) is 13.2 Å². The van der Waals surface area contributed by atoms with Crippen molar-refractivity contribution >= 4 is 19.8 Å². The van der Waals surface area contributed by atoms with Crippen LogP contribution in [0.25, 0.3) is 0 Å². The van der Waals surface area contributed by atoms with Crippen molar-refractivity contribution in [3.8, 4) is 0 Å². The molecule has 0 saturated heterocycles. The molecule has 0 amide bonds. The molecule has 2 atom stereocenters. The van der Waals surface area contributed by atoms with Gasteiger partial charge in [0.25, 0.3) is 0 Å². The van der Waals surface area contributed by atoms with Crippen molar-refractivity contribution in [3.63, 3.8) is 0 Å². The van der Waals surface area contributed by atoms with Crippen LogP contribution in [0.3, 0.4) is 0 Å². The van der Waals surface area contributed by atoms with Crippen molar-refractivity contribution in [1.82, 2.24) is 0 Å². The molecule has 2 unspecified atom stereocenters. The predicted octanol–water partition coefficient (Wildman–Crippen LogP) is 27.9. The molecule has 0 aromatic heterocycles. The quantitative estimate of drug-likeness (QED) is 0.0264. The third-order valence-corrected chi connectivity index (χ3v) is 18.8. The van der Waals surface area contributed by atoms with Gasteiger partial charge in [-0.2, -0.15) is 0 Å². The molecule has 564 valence electrons. The lowest BCUT2D eigenvalue weighted by atomic mass is 10.0. The van der Waals surface area contributed by atoms with Gasteiger partial charge in [0.2, 0.25) is 0 Å². The van der Waals surface area contributed by atoms with Crippen LogP contribution in [-0.4, -0.2) is 49.3 Å². The number of ether oxygens (including phenoxy) is 2. The fourth-order valence-electron chi connectivity index (χ4n) is 11.8. The normalized spacial score (nSPS) is 13.6. The van der Waals surface area contributed by atoms with E-state index >= 15 is 0 Å². The lowest BCUT2D eigenvalue weighted by Gasteiger charge is -2.19. The molecule has 0 aliphatic rings. The summed E-state index contributed by atoms with van der Waals surface area (Å²) < 4.78 is 33.2. The maximum atomic E-state index is 12.8. The van der Waals surface area contributed by atoms with Gasteiger partial charge in [0.15, 0.2) is 6.10 Å². The highest BCUT2D eigenvalue weighted by atomic mass is 31.2. The van der Waals surface area contributed by atoms with Crippen LogP contribution in [0.4, 0.5) is 0 Å². The van der Waals surface area contributed by atoms with Crippen LogP contribution < -0.4 is 5.73 Å². The average Bonchev–Trinajstić information content (AvgIpc) is 1.57. The first-order chi connectivity index (χ1) is 48.3. The van der Waals surface area contributed by atoms with E-state index in [9.17, 15) is 19.0 Å². The van der Waals surface area contributed by atoms with Crippen molar-refractivity contribution in [1.29, 1.82) is 0 Å². The molecule has 0 fully saturated rings. The van der Waals surface area contributed by atoms with Gasteiger partial charge in [-0.05, 0) is 96.3 Å². The number of unbranched alkanes of at least 4 members (excludes halogenated alkanes) is 42. The summed E-state index contributed by atoms with van der Waals surface area (Å²) in [6, 6.07) is 0. The van der Waals surface area contributed by atoms with Gasteiger partial charge in [-0.1, -0.05) is 404 Å². The van der Waals surface area contributed by atoms with E-state index in [1.165, 1.54) is 238 Å². The van der Waals surface area contributed by atoms with Crippen LogP contribution in [0.2, 0.25) is 0 Å². The minimum atomic E-state index is -4.42. The second-order valence-electron chi connectivity index (χ2n) is 27.3. The Labute approximate surface area is 605 Å². The van der Waals surface area contributed by atoms with Crippen molar-refractivity contribution in [3.05, 3.63) is 134 Å². The number of hydrogen-bond acceptors (Lipinski definition) is 8. The van der Waals surface area contributed by atoms with E-state index in [0.29, 0.717) is 6.42 Å². The van der Waals surface area contributed by atoms with Crippen molar-refractivity contribution in [2.75, 3.05) is 26.4 Å². The maximum Gasteiger partial charge on any atom is 0.472 e. The first-order valence-electron chi connectivity index (χ1n) is 41.2. The van der Waals surface area contributed by atoms with Crippen LogP contribution in [0.1, 0.15) is 380 Å². The summed E-state index contributed by atoms with van der Waals surface area (Å²) >= 11 is 0. The first kappa shape index (κ1) is 94.2. The van der Waals surface area contributed by atoms with Gasteiger partial charge < -0.3 is 20.1 Å². The monoisotopic (exact) mass is 1380 g/mol. The lowest BCUT2D eigenvalue weighted by Crippen LogP contribution is -2.29. The van der Waals surface area contributed by atoms with E-state index < -0.39 is 26.5 Å². The number of esters is 2. The molecule has 98 heavy (non-hydrogen) atoms. The molecule has 10 heteroatoms. The van der Waals surface area contributed by atoms with Crippen molar-refractivity contribution in [2.45, 2.75) is 386 Å². The third kappa shape index (κ3) is 81.1. The van der Waals surface area contributed by atoms with Gasteiger partial charge in [-0.3, -0.25) is 18.6 Å². The number of rotatable bonds is 77. The molecule has 0 spiro atoms. The Hall–Kier alpha value is -3.85. The number of carbonyl (C=O) groups excluding carboxylic acids is 2. The smallest absolute Gasteiger partial charge is 0.462 e. The van der Waals surface area contributed by atoms with Crippen LogP contribution in [0.15, 0.2) is 134 Å². The molecular formula is C88H154NO8P. The Kier molecular flexibility index (Phi) is 78.9. The summed E-state index contributed by atoms with van der Waals surface area (Å²) in [5, 5.41) is 0. The van der Waals surface area contributed by atoms with E-state index in [0.717, 1.165) is 109 Å². The minimum absolute atomic E-state index is 0.0424. The maximum absolute atomic E-state index is 12.8. The molecule has 0 bridgehead atoms. The number of hydrogen-bond donors (Lipinski definition) is 2. The Morgan fingerprint density at radius 3 is 0.837 bits per heavy atom. The molecule has 0 radical (unpaired) electrons. The molecule has 0 rings (SSSR count). The Morgan fingerprint density at radius 1 is 0.316 bits per heavy atom. The molecule has 0 aliphatic heterocycles. The summed E-state index contributed by atoms with van der Waals surface area (Å²) in [6.45, 7) is 3.63. The van der Waals surface area contributed by atoms with E-state index in [1.54, 1.807) is 0 Å². The summed E-state index contributed by atoms with van der Waals surface area (Å²) in [7, 11) is -4.42. The van der Waals surface area contributed by atoms with E-state index in [2.05, 4.69) is 148 Å². The van der Waals surface area contributed by atoms with Crippen LogP contribution in [0.5, 0.6) is 0 Å². The highest BCUT2D eigenvalue weighted by molar-refractivity contribution is 7.47. The first-order valence-corrected chi connectivity index (χ1v) is 42.7. The zero-order valence-electron chi connectivity index (χ0n) is 63.7. The molecule has 0 aromatic carbocycles. The Balaban J connectivity index is 3.87. The predicted molar refractivity (Wildman–Crippen MR) is 427 cm³/mol. The van der Waals surface area contributed by atoms with Gasteiger partial charge >= 0.3 is 19.8 Å². The Morgan fingerprint density at radius 2 is 0.561 bits per heavy atom. The van der Waals surface area contributed by atoms with Crippen molar-refractivity contribution in [2.24, 2.45) is 5.73 Å². The standard InChI is InChI=1S/C88H154NO8P/c1-3-5-7-9-11-13-15-17-19-21-23-25-27-29-31-33-35-37-39-41-42-43-45-46-48-50-52-54-56-58-60-62-64-66-68-70-72-74-76-78-80-87(90)94-84-86(85-96-98(92,93)95-83-82-89)97-88(91)81-79-77-75-73-71-69-67-65-63-61-59-57-55-53-51-49-47-44-40-38-36-34-32-30-28-26-24-22-20-18-16-14-12-10-8-6-4-2/h6,8,12,14,18,20,24,26,30,32,36,38,44,47,51,53,57,59,63,65,69,71,86H,3-5,7,9-11,13,15-17,19,21-23,25,27-29,31,33-35,37,39-43,45-46,48-50,52,54-56,58,60-62,64,66-68,70,72-85,89H2,1-2H3,(H,92,93)/b8-6-,14-12-,20-18-,26-24-,32-30-,38-36-,47-44-,53-51-,59-57-,65-63-,71-69-. The highest BCUT2D eigenvalue weighted by Crippen LogP contribution is 2.43. The summed E-state index contributed by atoms with van der Waals surface area (Å²) in [4.78, 5) is 35.4.